The van der Waals surface area contributed by atoms with Crippen molar-refractivity contribution in [1.82, 2.24) is 0 Å². The van der Waals surface area contributed by atoms with Gasteiger partial charge in [0, 0.05) is 10.9 Å². The first-order chi connectivity index (χ1) is 9.40. The molecular formula is C15H10F3NO. The fourth-order valence-electron chi connectivity index (χ4n) is 2.53. The van der Waals surface area contributed by atoms with Crippen molar-refractivity contribution in [1.29, 1.82) is 0 Å². The molecule has 0 aromatic heterocycles. The minimum atomic E-state index is -4.44. The molecule has 0 saturated heterocycles. The maximum absolute atomic E-state index is 12.7. The van der Waals surface area contributed by atoms with E-state index in [1.165, 1.54) is 0 Å². The maximum atomic E-state index is 12.7. The van der Waals surface area contributed by atoms with Gasteiger partial charge in [0.05, 0.1) is 5.69 Å². The van der Waals surface area contributed by atoms with Gasteiger partial charge in [0.25, 0.3) is 5.91 Å². The normalized spacial score (nSPS) is 14.2. The highest BCUT2D eigenvalue weighted by Crippen LogP contribution is 2.39. The second-order valence-corrected chi connectivity index (χ2v) is 4.65. The molecule has 2 aromatic rings. The van der Waals surface area contributed by atoms with Gasteiger partial charge in [-0.15, -0.1) is 0 Å². The first-order valence-corrected chi connectivity index (χ1v) is 5.98. The third-order valence-electron chi connectivity index (χ3n) is 3.32. The zero-order chi connectivity index (χ0) is 14.5. The van der Waals surface area contributed by atoms with Crippen LogP contribution in [0.1, 0.15) is 15.9 Å². The van der Waals surface area contributed by atoms with E-state index in [0.717, 1.165) is 10.3 Å². The summed E-state index contributed by atoms with van der Waals surface area (Å²) in [6, 6.07) is 8.37. The van der Waals surface area contributed by atoms with Crippen molar-refractivity contribution < 1.29 is 18.0 Å². The van der Waals surface area contributed by atoms with Crippen LogP contribution in [-0.2, 0) is 0 Å². The maximum Gasteiger partial charge on any atom is 0.406 e. The Hall–Kier alpha value is -2.30. The van der Waals surface area contributed by atoms with Crippen molar-refractivity contribution in [2.75, 3.05) is 11.4 Å². The molecule has 1 heterocycles. The highest BCUT2D eigenvalue weighted by atomic mass is 19.4. The Morgan fingerprint density at radius 1 is 1.25 bits per heavy atom. The predicted molar refractivity (Wildman–Crippen MR) is 71.8 cm³/mol. The Morgan fingerprint density at radius 3 is 2.65 bits per heavy atom. The average molecular weight is 277 g/mol. The van der Waals surface area contributed by atoms with E-state index in [2.05, 4.69) is 6.58 Å². The first kappa shape index (κ1) is 12.7. The summed E-state index contributed by atoms with van der Waals surface area (Å²) < 4.78 is 38.0. The summed E-state index contributed by atoms with van der Waals surface area (Å²) in [6.45, 7) is 2.34. The van der Waals surface area contributed by atoms with Gasteiger partial charge in [0.15, 0.2) is 0 Å². The summed E-state index contributed by atoms with van der Waals surface area (Å²) in [5.74, 6) is -0.607. The van der Waals surface area contributed by atoms with Gasteiger partial charge < -0.3 is 0 Å². The molecule has 1 aliphatic rings. The van der Waals surface area contributed by atoms with Crippen LogP contribution in [0.2, 0.25) is 0 Å². The highest BCUT2D eigenvalue weighted by molar-refractivity contribution is 6.25. The second-order valence-electron chi connectivity index (χ2n) is 4.65. The van der Waals surface area contributed by atoms with E-state index in [4.69, 9.17) is 0 Å². The molecule has 5 heteroatoms. The van der Waals surface area contributed by atoms with Crippen molar-refractivity contribution >= 4 is 28.4 Å². The van der Waals surface area contributed by atoms with Gasteiger partial charge in [-0.3, -0.25) is 9.69 Å². The molecule has 0 atom stereocenters. The lowest BCUT2D eigenvalue weighted by atomic mass is 10.0. The van der Waals surface area contributed by atoms with Crippen LogP contribution >= 0.6 is 0 Å². The number of benzene rings is 2. The number of anilines is 1. The number of nitrogens with zero attached hydrogens (tertiary/aromatic N) is 1. The molecule has 0 unspecified atom stereocenters. The summed E-state index contributed by atoms with van der Waals surface area (Å²) >= 11 is 0. The average Bonchev–Trinajstić information content (AvgIpc) is 2.64. The monoisotopic (exact) mass is 277 g/mol. The third kappa shape index (κ3) is 1.86. The predicted octanol–water partition coefficient (Wildman–Crippen LogP) is 4.01. The Bertz CT molecular complexity index is 734. The van der Waals surface area contributed by atoms with E-state index in [0.29, 0.717) is 22.2 Å². The number of hydrogen-bond acceptors (Lipinski definition) is 1. The second kappa shape index (κ2) is 4.10. The minimum Gasteiger partial charge on any atom is -0.299 e. The summed E-state index contributed by atoms with van der Waals surface area (Å²) in [4.78, 5) is 12.9. The Kier molecular flexibility index (Phi) is 2.61. The van der Waals surface area contributed by atoms with Gasteiger partial charge in [0.1, 0.15) is 6.54 Å². The minimum absolute atomic E-state index is 0.301. The zero-order valence-electron chi connectivity index (χ0n) is 10.4. The van der Waals surface area contributed by atoms with Gasteiger partial charge in [-0.1, -0.05) is 24.8 Å². The molecule has 0 radical (unpaired) electrons. The molecule has 20 heavy (non-hydrogen) atoms. The fourth-order valence-corrected chi connectivity index (χ4v) is 2.53. The van der Waals surface area contributed by atoms with Gasteiger partial charge in [-0.25, -0.2) is 0 Å². The molecule has 0 N–H and O–H groups in total. The molecule has 0 bridgehead atoms. The lowest BCUT2D eigenvalue weighted by Crippen LogP contribution is -2.36. The third-order valence-corrected chi connectivity index (χ3v) is 3.32. The summed E-state index contributed by atoms with van der Waals surface area (Å²) in [5, 5.41) is 1.32. The van der Waals surface area contributed by atoms with Crippen LogP contribution in [0, 0.1) is 0 Å². The number of alkyl halides is 3. The van der Waals surface area contributed by atoms with E-state index >= 15 is 0 Å². The van der Waals surface area contributed by atoms with Crippen LogP contribution in [0.15, 0.2) is 36.9 Å². The largest absolute Gasteiger partial charge is 0.406 e. The van der Waals surface area contributed by atoms with Crippen LogP contribution in [0.5, 0.6) is 0 Å². The van der Waals surface area contributed by atoms with Crippen molar-refractivity contribution in [2.45, 2.75) is 6.18 Å². The van der Waals surface area contributed by atoms with E-state index in [1.807, 2.05) is 0 Å². The SMILES string of the molecule is C=Cc1cc2c3c(cccc3c1)C(=O)N2CC(F)(F)F. The van der Waals surface area contributed by atoms with Crippen LogP contribution in [0.4, 0.5) is 18.9 Å². The molecule has 0 saturated carbocycles. The number of carbonyl (C=O) groups excluding carboxylic acids is 1. The molecule has 102 valence electrons. The highest BCUT2D eigenvalue weighted by Gasteiger charge is 2.38. The number of halogens is 3. The van der Waals surface area contributed by atoms with E-state index < -0.39 is 18.6 Å². The van der Waals surface area contributed by atoms with Gasteiger partial charge >= 0.3 is 6.18 Å². The number of rotatable bonds is 2. The Labute approximate surface area is 113 Å². The molecule has 1 aliphatic heterocycles. The summed E-state index contributed by atoms with van der Waals surface area (Å²) in [6.07, 6.45) is -2.88. The van der Waals surface area contributed by atoms with E-state index in [9.17, 15) is 18.0 Å². The Morgan fingerprint density at radius 2 is 2.00 bits per heavy atom. The topological polar surface area (TPSA) is 20.3 Å². The van der Waals surface area contributed by atoms with Crippen molar-refractivity contribution in [2.24, 2.45) is 0 Å². The molecule has 0 aliphatic carbocycles. The van der Waals surface area contributed by atoms with Crippen LogP contribution in [-0.4, -0.2) is 18.6 Å². The van der Waals surface area contributed by atoms with E-state index in [-0.39, 0.29) is 0 Å². The standard InChI is InChI=1S/C15H10F3NO/c1-2-9-6-10-4-3-5-11-13(10)12(7-9)19(14(11)20)8-15(16,17)18/h2-7H,1,8H2. The lowest BCUT2D eigenvalue weighted by Gasteiger charge is -2.19. The molecule has 0 spiro atoms. The van der Waals surface area contributed by atoms with Crippen LogP contribution in [0.25, 0.3) is 16.8 Å². The number of carbonyl (C=O) groups is 1. The van der Waals surface area contributed by atoms with Gasteiger partial charge in [-0.05, 0) is 29.1 Å². The van der Waals surface area contributed by atoms with Gasteiger partial charge in [0.2, 0.25) is 0 Å². The lowest BCUT2D eigenvalue weighted by molar-refractivity contribution is -0.118. The summed E-state index contributed by atoms with van der Waals surface area (Å²) in [7, 11) is 0. The quantitative estimate of drug-likeness (QED) is 0.812. The van der Waals surface area contributed by atoms with Crippen molar-refractivity contribution in [3.63, 3.8) is 0 Å². The molecule has 2 aromatic carbocycles. The fraction of sp³-hybridized carbons (Fsp3) is 0.133. The smallest absolute Gasteiger partial charge is 0.299 e. The molecule has 2 nitrogen and oxygen atoms in total. The van der Waals surface area contributed by atoms with Crippen LogP contribution < -0.4 is 4.90 Å². The zero-order valence-corrected chi connectivity index (χ0v) is 10.4. The van der Waals surface area contributed by atoms with Crippen molar-refractivity contribution in [3.05, 3.63) is 48.0 Å². The number of hydrogen-bond donors (Lipinski definition) is 0. The molecule has 3 rings (SSSR count). The molecule has 0 fully saturated rings. The Balaban J connectivity index is 2.25. The van der Waals surface area contributed by atoms with E-state index in [1.54, 1.807) is 36.4 Å². The molecule has 1 amide bonds. The van der Waals surface area contributed by atoms with Crippen molar-refractivity contribution in [3.8, 4) is 0 Å². The summed E-state index contributed by atoms with van der Waals surface area (Å²) in [5.41, 5.74) is 1.30. The van der Waals surface area contributed by atoms with Crippen LogP contribution in [0.3, 0.4) is 0 Å². The molecular weight excluding hydrogens is 267 g/mol. The number of amides is 1. The first-order valence-electron chi connectivity index (χ1n) is 5.98. The van der Waals surface area contributed by atoms with Gasteiger partial charge in [-0.2, -0.15) is 13.2 Å².